The number of aromatic nitrogens is 8. The lowest BCUT2D eigenvalue weighted by atomic mass is 10.1. The molecule has 2 aromatic heterocycles. The minimum absolute atomic E-state index is 0.162. The fourth-order valence-corrected chi connectivity index (χ4v) is 3.47. The maximum atomic E-state index is 9.72. The van der Waals surface area contributed by atoms with E-state index in [-0.39, 0.29) is 5.75 Å². The summed E-state index contributed by atoms with van der Waals surface area (Å²) in [6, 6.07) is 21.5. The maximum absolute atomic E-state index is 9.72. The Bertz CT molecular complexity index is 1370. The van der Waals surface area contributed by atoms with E-state index in [0.717, 1.165) is 16.9 Å². The van der Waals surface area contributed by atoms with Crippen LogP contribution in [-0.4, -0.2) is 59.7 Å². The molecule has 0 aliphatic rings. The molecule has 0 unspecified atom stereocenters. The normalized spacial score (nSPS) is 10.7. The first-order valence-electron chi connectivity index (χ1n) is 10.5. The average molecular weight is 468 g/mol. The number of methoxy groups -OCH3 is 2. The number of hydrogen-bond acceptors (Lipinski definition) is 9. The lowest BCUT2D eigenvalue weighted by molar-refractivity contribution is 0.414. The molecule has 3 aromatic carbocycles. The van der Waals surface area contributed by atoms with Crippen LogP contribution in [0.2, 0.25) is 0 Å². The molecule has 11 nitrogen and oxygen atoms in total. The van der Waals surface area contributed by atoms with Gasteiger partial charge in [0.2, 0.25) is 0 Å². The minimum Gasteiger partial charge on any atom is -0.508 e. The quantitative estimate of drug-likeness (QED) is 0.384. The molecule has 0 bridgehead atoms. The van der Waals surface area contributed by atoms with Gasteiger partial charge in [-0.1, -0.05) is 12.1 Å². The van der Waals surface area contributed by atoms with E-state index >= 15 is 0 Å². The molecule has 0 aliphatic heterocycles. The predicted molar refractivity (Wildman–Crippen MR) is 126 cm³/mol. The number of phenolic OH excluding ortho intramolecular Hbond substituents is 1. The van der Waals surface area contributed by atoms with Crippen LogP contribution in [0.3, 0.4) is 0 Å². The Labute approximate surface area is 199 Å². The maximum Gasteiger partial charge on any atom is 0.190 e. The molecule has 0 radical (unpaired) electrons. The Morgan fingerprint density at radius 2 is 1.14 bits per heavy atom. The number of tetrazole rings is 2. The van der Waals surface area contributed by atoms with E-state index in [1.165, 1.54) is 0 Å². The zero-order chi connectivity index (χ0) is 24.2. The molecule has 0 spiro atoms. The summed E-state index contributed by atoms with van der Waals surface area (Å²) in [6.07, 6.45) is 1.86. The van der Waals surface area contributed by atoms with Crippen molar-refractivity contribution >= 4 is 11.6 Å². The second-order valence-electron chi connectivity index (χ2n) is 7.37. The van der Waals surface area contributed by atoms with Gasteiger partial charge in [0.25, 0.3) is 0 Å². The Kier molecular flexibility index (Phi) is 5.87. The van der Waals surface area contributed by atoms with E-state index in [1.807, 2.05) is 54.6 Å². The Morgan fingerprint density at radius 3 is 1.57 bits per heavy atom. The SMILES string of the molecule is COc1ccc(-n2nnnc2C(=Cc2ccc(O)cc2)c2nnnn2-c2ccc(OC)cc2)cc1. The molecule has 2 heterocycles. The summed E-state index contributed by atoms with van der Waals surface area (Å²) in [5.41, 5.74) is 2.82. The second kappa shape index (κ2) is 9.43. The molecule has 0 fully saturated rings. The van der Waals surface area contributed by atoms with Crippen molar-refractivity contribution in [3.05, 3.63) is 90.0 Å². The number of nitrogens with zero attached hydrogens (tertiary/aromatic N) is 8. The predicted octanol–water partition coefficient (Wildman–Crippen LogP) is 2.95. The third kappa shape index (κ3) is 4.42. The standard InChI is InChI=1S/C24H20N8O3/c1-34-20-11-5-17(6-12-20)31-23(25-27-29-31)22(15-16-3-9-19(33)10-4-16)24-26-28-30-32(24)18-7-13-21(35-2)14-8-18/h3-15,33H,1-2H3. The molecular weight excluding hydrogens is 448 g/mol. The van der Waals surface area contributed by atoms with Crippen molar-refractivity contribution in [3.63, 3.8) is 0 Å². The second-order valence-corrected chi connectivity index (χ2v) is 7.37. The molecule has 0 saturated heterocycles. The Hall–Kier alpha value is -5.06. The van der Waals surface area contributed by atoms with Gasteiger partial charge in [-0.2, -0.15) is 9.36 Å². The number of ether oxygens (including phenoxy) is 2. The summed E-state index contributed by atoms with van der Waals surface area (Å²) in [6.45, 7) is 0. The van der Waals surface area contributed by atoms with Gasteiger partial charge < -0.3 is 14.6 Å². The van der Waals surface area contributed by atoms with Gasteiger partial charge in [-0.25, -0.2) is 0 Å². The molecule has 5 rings (SSSR count). The highest BCUT2D eigenvalue weighted by Crippen LogP contribution is 2.27. The van der Waals surface area contributed by atoms with Crippen LogP contribution in [0.1, 0.15) is 17.2 Å². The third-order valence-corrected chi connectivity index (χ3v) is 5.26. The fraction of sp³-hybridized carbons (Fsp3) is 0.0833. The van der Waals surface area contributed by atoms with Crippen molar-refractivity contribution in [2.45, 2.75) is 0 Å². The summed E-state index contributed by atoms with van der Waals surface area (Å²) in [5.74, 6) is 2.44. The van der Waals surface area contributed by atoms with Crippen LogP contribution in [0.4, 0.5) is 0 Å². The third-order valence-electron chi connectivity index (χ3n) is 5.26. The zero-order valence-electron chi connectivity index (χ0n) is 18.8. The average Bonchev–Trinajstić information content (AvgIpc) is 3.59. The molecule has 1 N–H and O–H groups in total. The van der Waals surface area contributed by atoms with E-state index < -0.39 is 0 Å². The molecule has 0 amide bonds. The van der Waals surface area contributed by atoms with E-state index in [2.05, 4.69) is 31.1 Å². The van der Waals surface area contributed by atoms with Gasteiger partial charge in [0.05, 0.1) is 31.2 Å². The van der Waals surface area contributed by atoms with Crippen molar-refractivity contribution in [3.8, 4) is 28.6 Å². The first-order chi connectivity index (χ1) is 17.2. The van der Waals surface area contributed by atoms with Crippen molar-refractivity contribution in [1.29, 1.82) is 0 Å². The van der Waals surface area contributed by atoms with E-state index in [4.69, 9.17) is 9.47 Å². The lowest BCUT2D eigenvalue weighted by Gasteiger charge is -2.10. The molecule has 5 aromatic rings. The van der Waals surface area contributed by atoms with Gasteiger partial charge in [0, 0.05) is 0 Å². The highest BCUT2D eigenvalue weighted by atomic mass is 16.5. The van der Waals surface area contributed by atoms with Gasteiger partial charge in [0.1, 0.15) is 17.2 Å². The largest absolute Gasteiger partial charge is 0.508 e. The van der Waals surface area contributed by atoms with Crippen LogP contribution in [0.15, 0.2) is 72.8 Å². The molecule has 0 aliphatic carbocycles. The Balaban J connectivity index is 1.66. The van der Waals surface area contributed by atoms with Crippen LogP contribution in [0.5, 0.6) is 17.2 Å². The zero-order valence-corrected chi connectivity index (χ0v) is 18.8. The lowest BCUT2D eigenvalue weighted by Crippen LogP contribution is -2.09. The van der Waals surface area contributed by atoms with Crippen LogP contribution < -0.4 is 9.47 Å². The molecule has 35 heavy (non-hydrogen) atoms. The topological polar surface area (TPSA) is 126 Å². The summed E-state index contributed by atoms with van der Waals surface area (Å²) >= 11 is 0. The van der Waals surface area contributed by atoms with Gasteiger partial charge in [-0.3, -0.25) is 0 Å². The number of rotatable bonds is 7. The summed E-state index contributed by atoms with van der Waals surface area (Å²) in [4.78, 5) is 0. The summed E-state index contributed by atoms with van der Waals surface area (Å²) in [5, 5.41) is 34.5. The highest BCUT2D eigenvalue weighted by molar-refractivity contribution is 5.87. The molecule has 174 valence electrons. The van der Waals surface area contributed by atoms with Crippen molar-refractivity contribution < 1.29 is 14.6 Å². The first-order valence-corrected chi connectivity index (χ1v) is 10.5. The Morgan fingerprint density at radius 1 is 0.686 bits per heavy atom. The van der Waals surface area contributed by atoms with Crippen molar-refractivity contribution in [1.82, 2.24) is 40.4 Å². The van der Waals surface area contributed by atoms with Crippen molar-refractivity contribution in [2.75, 3.05) is 14.2 Å². The summed E-state index contributed by atoms with van der Waals surface area (Å²) < 4.78 is 13.7. The minimum atomic E-state index is 0.162. The van der Waals surface area contributed by atoms with Crippen LogP contribution in [0.25, 0.3) is 23.0 Å². The van der Waals surface area contributed by atoms with Gasteiger partial charge in [-0.05, 0) is 93.2 Å². The molecular formula is C24H20N8O3. The monoisotopic (exact) mass is 468 g/mol. The first kappa shape index (κ1) is 21.8. The smallest absolute Gasteiger partial charge is 0.190 e. The van der Waals surface area contributed by atoms with E-state index in [9.17, 15) is 5.11 Å². The van der Waals surface area contributed by atoms with Crippen LogP contribution in [0, 0.1) is 0 Å². The summed E-state index contributed by atoms with van der Waals surface area (Å²) in [7, 11) is 3.21. The van der Waals surface area contributed by atoms with Gasteiger partial charge in [0.15, 0.2) is 11.6 Å². The molecule has 11 heteroatoms. The highest BCUT2D eigenvalue weighted by Gasteiger charge is 2.22. The number of phenols is 1. The molecule has 0 saturated carbocycles. The fourth-order valence-electron chi connectivity index (χ4n) is 3.47. The van der Waals surface area contributed by atoms with E-state index in [0.29, 0.717) is 28.7 Å². The van der Waals surface area contributed by atoms with Gasteiger partial charge in [-0.15, -0.1) is 10.2 Å². The van der Waals surface area contributed by atoms with E-state index in [1.54, 1.807) is 47.8 Å². The van der Waals surface area contributed by atoms with Crippen LogP contribution >= 0.6 is 0 Å². The van der Waals surface area contributed by atoms with Crippen molar-refractivity contribution in [2.24, 2.45) is 0 Å². The molecule has 0 atom stereocenters. The number of benzene rings is 3. The number of hydrogen-bond donors (Lipinski definition) is 1. The van der Waals surface area contributed by atoms with Gasteiger partial charge >= 0.3 is 0 Å². The number of aromatic hydroxyl groups is 1. The van der Waals surface area contributed by atoms with Crippen LogP contribution in [-0.2, 0) is 0 Å².